The molecule has 0 bridgehead atoms. The minimum atomic E-state index is 0.111. The van der Waals surface area contributed by atoms with Crippen molar-refractivity contribution in [3.05, 3.63) is 18.1 Å². The molecule has 1 N–H and O–H groups in total. The molecule has 2 rings (SSSR count). The normalized spacial score (nSPS) is 16.0. The van der Waals surface area contributed by atoms with Crippen molar-refractivity contribution in [2.24, 2.45) is 5.92 Å². The average molecular weight is 276 g/mol. The van der Waals surface area contributed by atoms with Crippen LogP contribution in [0.1, 0.15) is 52.7 Å². The highest BCUT2D eigenvalue weighted by Crippen LogP contribution is 2.28. The fourth-order valence-electron chi connectivity index (χ4n) is 2.33. The largest absolute Gasteiger partial charge is 0.355 e. The van der Waals surface area contributed by atoms with Crippen molar-refractivity contribution in [1.29, 1.82) is 0 Å². The quantitative estimate of drug-likeness (QED) is 0.867. The maximum atomic E-state index is 4.59. The minimum Gasteiger partial charge on any atom is -0.355 e. The van der Waals surface area contributed by atoms with Gasteiger partial charge in [-0.25, -0.2) is 4.98 Å². The van der Waals surface area contributed by atoms with Gasteiger partial charge in [0.05, 0.1) is 18.1 Å². The van der Waals surface area contributed by atoms with Gasteiger partial charge in [0.25, 0.3) is 0 Å². The second kappa shape index (κ2) is 6.53. The summed E-state index contributed by atoms with van der Waals surface area (Å²) in [5, 5.41) is 3.44. The monoisotopic (exact) mass is 276 g/mol. The van der Waals surface area contributed by atoms with Crippen LogP contribution in [0.2, 0.25) is 0 Å². The van der Waals surface area contributed by atoms with Crippen LogP contribution in [-0.2, 0) is 6.54 Å². The van der Waals surface area contributed by atoms with E-state index in [9.17, 15) is 0 Å². The van der Waals surface area contributed by atoms with Crippen LogP contribution >= 0.6 is 0 Å². The first-order valence-electron chi connectivity index (χ1n) is 7.79. The van der Waals surface area contributed by atoms with Gasteiger partial charge in [0.15, 0.2) is 0 Å². The molecule has 1 aliphatic rings. The molecule has 20 heavy (non-hydrogen) atoms. The summed E-state index contributed by atoms with van der Waals surface area (Å²) >= 11 is 0. The van der Waals surface area contributed by atoms with Crippen molar-refractivity contribution in [3.8, 4) is 0 Å². The number of hydrogen-bond acceptors (Lipinski definition) is 4. The van der Waals surface area contributed by atoms with Gasteiger partial charge < -0.3 is 10.2 Å². The van der Waals surface area contributed by atoms with Gasteiger partial charge in [0.2, 0.25) is 0 Å². The summed E-state index contributed by atoms with van der Waals surface area (Å²) in [6.07, 6.45) is 7.96. The maximum absolute atomic E-state index is 4.59. The van der Waals surface area contributed by atoms with E-state index in [1.165, 1.54) is 19.3 Å². The molecule has 1 fully saturated rings. The Morgan fingerprint density at radius 2 is 2.00 bits per heavy atom. The third-order valence-electron chi connectivity index (χ3n) is 3.90. The summed E-state index contributed by atoms with van der Waals surface area (Å²) in [7, 11) is 0. The van der Waals surface area contributed by atoms with Crippen LogP contribution < -0.4 is 10.2 Å². The topological polar surface area (TPSA) is 41.1 Å². The molecule has 0 aliphatic heterocycles. The van der Waals surface area contributed by atoms with E-state index < -0.39 is 0 Å². The molecule has 1 heterocycles. The van der Waals surface area contributed by atoms with E-state index in [0.29, 0.717) is 0 Å². The lowest BCUT2D eigenvalue weighted by Crippen LogP contribution is -2.35. The molecule has 112 valence electrons. The van der Waals surface area contributed by atoms with Crippen molar-refractivity contribution in [2.45, 2.75) is 59.0 Å². The van der Waals surface area contributed by atoms with E-state index >= 15 is 0 Å². The van der Waals surface area contributed by atoms with Crippen molar-refractivity contribution >= 4 is 5.82 Å². The smallest absolute Gasteiger partial charge is 0.147 e. The third-order valence-corrected chi connectivity index (χ3v) is 3.90. The maximum Gasteiger partial charge on any atom is 0.147 e. The lowest BCUT2D eigenvalue weighted by Gasteiger charge is -2.32. The van der Waals surface area contributed by atoms with Crippen LogP contribution in [0, 0.1) is 5.92 Å². The standard InChI is InChI=1S/C16H28N4/c1-5-20(12-13-7-6-8-13)15-11-17-14(9-18-15)10-19-16(2,3)4/h9,11,13,19H,5-8,10,12H2,1-4H3. The van der Waals surface area contributed by atoms with Crippen LogP contribution in [-0.4, -0.2) is 28.6 Å². The third kappa shape index (κ3) is 4.44. The van der Waals surface area contributed by atoms with Gasteiger partial charge in [0, 0.05) is 25.2 Å². The fourth-order valence-corrected chi connectivity index (χ4v) is 2.33. The Labute approximate surface area is 123 Å². The fraction of sp³-hybridized carbons (Fsp3) is 0.750. The Morgan fingerprint density at radius 3 is 2.45 bits per heavy atom. The highest BCUT2D eigenvalue weighted by molar-refractivity contribution is 5.35. The van der Waals surface area contributed by atoms with E-state index in [1.807, 2.05) is 12.4 Å². The summed E-state index contributed by atoms with van der Waals surface area (Å²) in [5.41, 5.74) is 1.11. The van der Waals surface area contributed by atoms with Crippen LogP contribution in [0.25, 0.3) is 0 Å². The van der Waals surface area contributed by atoms with Crippen LogP contribution in [0.4, 0.5) is 5.82 Å². The molecule has 0 saturated heterocycles. The highest BCUT2D eigenvalue weighted by atomic mass is 15.2. The van der Waals surface area contributed by atoms with Gasteiger partial charge in [-0.05, 0) is 46.5 Å². The number of rotatable bonds is 6. The van der Waals surface area contributed by atoms with Gasteiger partial charge in [-0.15, -0.1) is 0 Å². The second-order valence-corrected chi connectivity index (χ2v) is 6.81. The zero-order valence-corrected chi connectivity index (χ0v) is 13.3. The van der Waals surface area contributed by atoms with Crippen molar-refractivity contribution in [2.75, 3.05) is 18.0 Å². The first-order chi connectivity index (χ1) is 9.48. The van der Waals surface area contributed by atoms with Gasteiger partial charge in [-0.3, -0.25) is 4.98 Å². The zero-order valence-electron chi connectivity index (χ0n) is 13.3. The van der Waals surface area contributed by atoms with E-state index in [1.54, 1.807) is 0 Å². The van der Waals surface area contributed by atoms with Gasteiger partial charge in [-0.1, -0.05) is 6.42 Å². The molecule has 0 atom stereocenters. The van der Waals surface area contributed by atoms with Crippen molar-refractivity contribution in [1.82, 2.24) is 15.3 Å². The number of nitrogens with one attached hydrogen (secondary N) is 1. The molecule has 0 spiro atoms. The molecule has 0 radical (unpaired) electrons. The summed E-state index contributed by atoms with van der Waals surface area (Å²) in [5.74, 6) is 1.87. The zero-order chi connectivity index (χ0) is 14.6. The predicted molar refractivity (Wildman–Crippen MR) is 83.9 cm³/mol. The Balaban J connectivity index is 1.91. The van der Waals surface area contributed by atoms with Crippen molar-refractivity contribution < 1.29 is 0 Å². The molecular weight excluding hydrogens is 248 g/mol. The van der Waals surface area contributed by atoms with E-state index in [2.05, 4.69) is 47.9 Å². The molecule has 1 aromatic rings. The van der Waals surface area contributed by atoms with Gasteiger partial charge in [0.1, 0.15) is 5.82 Å². The molecule has 1 aromatic heterocycles. The Morgan fingerprint density at radius 1 is 1.25 bits per heavy atom. The van der Waals surface area contributed by atoms with Gasteiger partial charge in [-0.2, -0.15) is 0 Å². The molecular formula is C16H28N4. The van der Waals surface area contributed by atoms with Crippen LogP contribution in [0.15, 0.2) is 12.4 Å². The first kappa shape index (κ1) is 15.2. The number of aromatic nitrogens is 2. The summed E-state index contributed by atoms with van der Waals surface area (Å²) in [6.45, 7) is 11.6. The van der Waals surface area contributed by atoms with Crippen molar-refractivity contribution in [3.63, 3.8) is 0 Å². The predicted octanol–water partition coefficient (Wildman–Crippen LogP) is 2.99. The lowest BCUT2D eigenvalue weighted by molar-refractivity contribution is 0.318. The number of hydrogen-bond donors (Lipinski definition) is 1. The SMILES string of the molecule is CCN(CC1CCC1)c1cnc(CNC(C)(C)C)cn1. The Bertz CT molecular complexity index is 403. The van der Waals surface area contributed by atoms with Crippen LogP contribution in [0.3, 0.4) is 0 Å². The molecule has 4 heteroatoms. The minimum absolute atomic E-state index is 0.111. The summed E-state index contributed by atoms with van der Waals surface area (Å²) < 4.78 is 0. The lowest BCUT2D eigenvalue weighted by atomic mass is 9.85. The Kier molecular flexibility index (Phi) is 4.97. The Hall–Kier alpha value is -1.16. The second-order valence-electron chi connectivity index (χ2n) is 6.81. The summed E-state index contributed by atoms with van der Waals surface area (Å²) in [4.78, 5) is 11.5. The number of anilines is 1. The number of nitrogens with zero attached hydrogens (tertiary/aromatic N) is 3. The molecule has 0 aromatic carbocycles. The first-order valence-corrected chi connectivity index (χ1v) is 7.79. The van der Waals surface area contributed by atoms with Crippen LogP contribution in [0.5, 0.6) is 0 Å². The van der Waals surface area contributed by atoms with E-state index in [-0.39, 0.29) is 5.54 Å². The molecule has 0 unspecified atom stereocenters. The molecule has 1 saturated carbocycles. The summed E-state index contributed by atoms with van der Waals surface area (Å²) in [6, 6.07) is 0. The average Bonchev–Trinajstić information content (AvgIpc) is 2.35. The molecule has 4 nitrogen and oxygen atoms in total. The highest BCUT2D eigenvalue weighted by Gasteiger charge is 2.20. The molecule has 0 amide bonds. The van der Waals surface area contributed by atoms with E-state index in [0.717, 1.165) is 37.1 Å². The van der Waals surface area contributed by atoms with E-state index in [4.69, 9.17) is 0 Å². The molecule has 1 aliphatic carbocycles. The van der Waals surface area contributed by atoms with Gasteiger partial charge >= 0.3 is 0 Å².